The zero-order chi connectivity index (χ0) is 13.8. The highest BCUT2D eigenvalue weighted by atomic mass is 35.5. The molecule has 1 unspecified atom stereocenters. The molecule has 4 heteroatoms. The van der Waals surface area contributed by atoms with Crippen molar-refractivity contribution in [2.75, 3.05) is 7.11 Å². The number of hydrogen-bond donors (Lipinski definition) is 0. The van der Waals surface area contributed by atoms with Gasteiger partial charge in [0.05, 0.1) is 17.5 Å². The Morgan fingerprint density at radius 2 is 2.00 bits per heavy atom. The van der Waals surface area contributed by atoms with Crippen LogP contribution < -0.4 is 4.74 Å². The average Bonchev–Trinajstić information content (AvgIpc) is 2.42. The van der Waals surface area contributed by atoms with Crippen LogP contribution in [0.3, 0.4) is 0 Å². The number of alkyl halides is 1. The Morgan fingerprint density at radius 1 is 1.21 bits per heavy atom. The summed E-state index contributed by atoms with van der Waals surface area (Å²) in [5.74, 6) is 0.333. The molecule has 19 heavy (non-hydrogen) atoms. The summed E-state index contributed by atoms with van der Waals surface area (Å²) in [5, 5.41) is -0.201. The summed E-state index contributed by atoms with van der Waals surface area (Å²) < 4.78 is 18.5. The lowest BCUT2D eigenvalue weighted by Gasteiger charge is -2.11. The quantitative estimate of drug-likeness (QED) is 0.721. The van der Waals surface area contributed by atoms with Crippen molar-refractivity contribution in [1.82, 2.24) is 0 Å². The van der Waals surface area contributed by atoms with Gasteiger partial charge in [0.1, 0.15) is 11.6 Å². The second-order valence-electron chi connectivity index (χ2n) is 4.20. The van der Waals surface area contributed by atoms with Crippen molar-refractivity contribution in [2.45, 2.75) is 11.8 Å². The minimum atomic E-state index is -0.449. The van der Waals surface area contributed by atoms with Gasteiger partial charge in [-0.05, 0) is 41.8 Å². The number of hydrogen-bond acceptors (Lipinski definition) is 1. The third-order valence-corrected chi connectivity index (χ3v) is 3.57. The molecule has 0 aliphatic carbocycles. The minimum absolute atomic E-state index is 0.106. The Balaban J connectivity index is 2.15. The van der Waals surface area contributed by atoms with Crippen molar-refractivity contribution in [3.63, 3.8) is 0 Å². The van der Waals surface area contributed by atoms with E-state index < -0.39 is 5.82 Å². The van der Waals surface area contributed by atoms with Crippen molar-refractivity contribution in [3.05, 3.63) is 64.4 Å². The van der Waals surface area contributed by atoms with Crippen LogP contribution in [0.2, 0.25) is 5.02 Å². The molecule has 0 bridgehead atoms. The topological polar surface area (TPSA) is 9.23 Å². The molecule has 0 saturated heterocycles. The SMILES string of the molecule is COc1cccc(CC(Cl)c2ccc(Cl)c(F)c2)c1. The van der Waals surface area contributed by atoms with E-state index in [0.29, 0.717) is 12.0 Å². The molecule has 0 fully saturated rings. The first-order valence-corrected chi connectivity index (χ1v) is 6.63. The fraction of sp³-hybridized carbons (Fsp3) is 0.200. The van der Waals surface area contributed by atoms with Gasteiger partial charge in [-0.25, -0.2) is 4.39 Å². The second kappa shape index (κ2) is 6.27. The molecule has 0 aliphatic heterocycles. The lowest BCUT2D eigenvalue weighted by Crippen LogP contribution is -1.97. The maximum Gasteiger partial charge on any atom is 0.142 e. The van der Waals surface area contributed by atoms with Gasteiger partial charge in [-0.15, -0.1) is 11.6 Å². The van der Waals surface area contributed by atoms with Crippen LogP contribution in [0.25, 0.3) is 0 Å². The van der Waals surface area contributed by atoms with Gasteiger partial charge in [0.2, 0.25) is 0 Å². The molecule has 0 spiro atoms. The molecule has 0 N–H and O–H groups in total. The summed E-state index contributed by atoms with van der Waals surface area (Å²) in [4.78, 5) is 0. The fourth-order valence-electron chi connectivity index (χ4n) is 1.83. The van der Waals surface area contributed by atoms with E-state index in [4.69, 9.17) is 27.9 Å². The molecule has 0 radical (unpaired) electrons. The third kappa shape index (κ3) is 3.62. The van der Waals surface area contributed by atoms with E-state index >= 15 is 0 Å². The van der Waals surface area contributed by atoms with Gasteiger partial charge >= 0.3 is 0 Å². The molecule has 1 nitrogen and oxygen atoms in total. The molecular formula is C15H13Cl2FO. The standard InChI is InChI=1S/C15H13Cl2FO/c1-19-12-4-2-3-10(7-12)8-14(17)11-5-6-13(16)15(18)9-11/h2-7,9,14H,8H2,1H3. The van der Waals surface area contributed by atoms with Crippen LogP contribution in [-0.4, -0.2) is 7.11 Å². The molecule has 2 aromatic rings. The summed E-state index contributed by atoms with van der Waals surface area (Å²) in [6, 6.07) is 12.3. The van der Waals surface area contributed by atoms with Crippen LogP contribution in [0.1, 0.15) is 16.5 Å². The molecule has 0 saturated carbocycles. The smallest absolute Gasteiger partial charge is 0.142 e. The predicted molar refractivity (Wildman–Crippen MR) is 76.7 cm³/mol. The maximum absolute atomic E-state index is 13.4. The molecule has 2 rings (SSSR count). The summed E-state index contributed by atoms with van der Waals surface area (Å²) in [6.45, 7) is 0. The van der Waals surface area contributed by atoms with Crippen molar-refractivity contribution in [1.29, 1.82) is 0 Å². The first-order valence-electron chi connectivity index (χ1n) is 5.82. The van der Waals surface area contributed by atoms with Crippen LogP contribution in [-0.2, 0) is 6.42 Å². The van der Waals surface area contributed by atoms with Crippen LogP contribution in [0, 0.1) is 5.82 Å². The van der Waals surface area contributed by atoms with Gasteiger partial charge in [-0.2, -0.15) is 0 Å². The molecule has 0 aliphatic rings. The van der Waals surface area contributed by atoms with Crippen molar-refractivity contribution < 1.29 is 9.13 Å². The molecule has 1 atom stereocenters. The van der Waals surface area contributed by atoms with E-state index in [0.717, 1.165) is 11.3 Å². The first-order chi connectivity index (χ1) is 9.10. The summed E-state index contributed by atoms with van der Waals surface area (Å²) in [6.07, 6.45) is 0.597. The number of rotatable bonds is 4. The molecule has 0 amide bonds. The minimum Gasteiger partial charge on any atom is -0.497 e. The second-order valence-corrected chi connectivity index (χ2v) is 5.13. The van der Waals surface area contributed by atoms with Gasteiger partial charge < -0.3 is 4.74 Å². The molecule has 0 aromatic heterocycles. The van der Waals surface area contributed by atoms with E-state index in [9.17, 15) is 4.39 Å². The third-order valence-electron chi connectivity index (χ3n) is 2.85. The van der Waals surface area contributed by atoms with Crippen molar-refractivity contribution in [2.24, 2.45) is 0 Å². The Bertz CT molecular complexity index is 572. The zero-order valence-electron chi connectivity index (χ0n) is 10.4. The molecule has 2 aromatic carbocycles. The van der Waals surface area contributed by atoms with Crippen molar-refractivity contribution in [3.8, 4) is 5.75 Å². The van der Waals surface area contributed by atoms with Crippen LogP contribution in [0.15, 0.2) is 42.5 Å². The average molecular weight is 299 g/mol. The summed E-state index contributed by atoms with van der Waals surface area (Å²) in [7, 11) is 1.62. The molecule has 0 heterocycles. The van der Waals surface area contributed by atoms with Crippen LogP contribution >= 0.6 is 23.2 Å². The normalized spacial score (nSPS) is 12.2. The summed E-state index contributed by atoms with van der Waals surface area (Å²) in [5.41, 5.74) is 1.75. The number of benzene rings is 2. The lowest BCUT2D eigenvalue weighted by molar-refractivity contribution is 0.414. The Kier molecular flexibility index (Phi) is 4.67. The Labute approximate surface area is 121 Å². The molecule has 100 valence electrons. The number of ether oxygens (including phenoxy) is 1. The van der Waals surface area contributed by atoms with E-state index in [1.165, 1.54) is 12.1 Å². The Hall–Kier alpha value is -1.25. The number of methoxy groups -OCH3 is 1. The molecular weight excluding hydrogens is 286 g/mol. The first kappa shape index (κ1) is 14.2. The van der Waals surface area contributed by atoms with E-state index in [2.05, 4.69) is 0 Å². The maximum atomic E-state index is 13.4. The Morgan fingerprint density at radius 3 is 2.68 bits per heavy atom. The fourth-order valence-corrected chi connectivity index (χ4v) is 2.26. The predicted octanol–water partition coefficient (Wildman–Crippen LogP) is 5.01. The zero-order valence-corrected chi connectivity index (χ0v) is 11.9. The van der Waals surface area contributed by atoms with Gasteiger partial charge in [0.25, 0.3) is 0 Å². The van der Waals surface area contributed by atoms with Crippen LogP contribution in [0.4, 0.5) is 4.39 Å². The summed E-state index contributed by atoms with van der Waals surface area (Å²) >= 11 is 12.0. The van der Waals surface area contributed by atoms with Crippen molar-refractivity contribution >= 4 is 23.2 Å². The van der Waals surface area contributed by atoms with Gasteiger partial charge in [0, 0.05) is 0 Å². The van der Waals surface area contributed by atoms with Gasteiger partial charge in [-0.1, -0.05) is 29.8 Å². The van der Waals surface area contributed by atoms with E-state index in [1.807, 2.05) is 24.3 Å². The largest absolute Gasteiger partial charge is 0.497 e. The number of halogens is 3. The highest BCUT2D eigenvalue weighted by Crippen LogP contribution is 2.28. The monoisotopic (exact) mass is 298 g/mol. The van der Waals surface area contributed by atoms with Gasteiger partial charge in [0.15, 0.2) is 0 Å². The van der Waals surface area contributed by atoms with Crippen LogP contribution in [0.5, 0.6) is 5.75 Å². The highest BCUT2D eigenvalue weighted by molar-refractivity contribution is 6.30. The highest BCUT2D eigenvalue weighted by Gasteiger charge is 2.11. The van der Waals surface area contributed by atoms with Gasteiger partial charge in [-0.3, -0.25) is 0 Å². The van der Waals surface area contributed by atoms with E-state index in [-0.39, 0.29) is 10.4 Å². The van der Waals surface area contributed by atoms with E-state index in [1.54, 1.807) is 13.2 Å². The lowest BCUT2D eigenvalue weighted by atomic mass is 10.0.